The molecule has 0 heterocycles. The molecule has 2 aromatic carbocycles. The Morgan fingerprint density at radius 3 is 2.48 bits per heavy atom. The predicted octanol–water partition coefficient (Wildman–Crippen LogP) is 4.30. The van der Waals surface area contributed by atoms with E-state index in [0.29, 0.717) is 11.5 Å². The minimum Gasteiger partial charge on any atom is -0.482 e. The number of ether oxygens (including phenoxy) is 2. The van der Waals surface area contributed by atoms with Crippen molar-refractivity contribution in [2.75, 3.05) is 6.61 Å². The molecule has 0 atom stereocenters. The Hall–Kier alpha value is -1.81. The fourth-order valence-corrected chi connectivity index (χ4v) is 2.34. The van der Waals surface area contributed by atoms with Crippen LogP contribution in [0.1, 0.15) is 18.1 Å². The van der Waals surface area contributed by atoms with Crippen LogP contribution in [0.5, 0.6) is 11.5 Å². The first-order valence-corrected chi connectivity index (χ1v) is 7.56. The molecule has 0 aliphatic carbocycles. The van der Waals surface area contributed by atoms with Gasteiger partial charge in [0.1, 0.15) is 11.5 Å². The molecule has 4 heteroatoms. The lowest BCUT2D eigenvalue weighted by Crippen LogP contribution is -2.18. The average Bonchev–Trinajstić information content (AvgIpc) is 2.47. The standard InChI is InChI=1S/C17H17BrO3/c1-3-13-4-7-15(8-5-13)21-17(19)11-20-16-9-6-14(18)10-12(16)2/h4-10H,3,11H2,1-2H3. The molecule has 0 fully saturated rings. The van der Waals surface area contributed by atoms with Crippen LogP contribution in [0.4, 0.5) is 0 Å². The zero-order chi connectivity index (χ0) is 15.2. The molecule has 21 heavy (non-hydrogen) atoms. The van der Waals surface area contributed by atoms with Crippen molar-refractivity contribution in [2.24, 2.45) is 0 Å². The molecular weight excluding hydrogens is 332 g/mol. The van der Waals surface area contributed by atoms with Crippen LogP contribution in [0, 0.1) is 6.92 Å². The number of benzene rings is 2. The Balaban J connectivity index is 1.89. The summed E-state index contributed by atoms with van der Waals surface area (Å²) in [5.74, 6) is 0.798. The van der Waals surface area contributed by atoms with Gasteiger partial charge in [-0.1, -0.05) is 35.0 Å². The van der Waals surface area contributed by atoms with E-state index in [-0.39, 0.29) is 6.61 Å². The maximum absolute atomic E-state index is 11.8. The summed E-state index contributed by atoms with van der Waals surface area (Å²) in [6.07, 6.45) is 0.959. The Labute approximate surface area is 133 Å². The lowest BCUT2D eigenvalue weighted by Gasteiger charge is -2.09. The van der Waals surface area contributed by atoms with Crippen LogP contribution >= 0.6 is 15.9 Å². The lowest BCUT2D eigenvalue weighted by molar-refractivity contribution is -0.136. The average molecular weight is 349 g/mol. The highest BCUT2D eigenvalue weighted by molar-refractivity contribution is 9.10. The third-order valence-electron chi connectivity index (χ3n) is 3.05. The van der Waals surface area contributed by atoms with Crippen molar-refractivity contribution in [3.8, 4) is 11.5 Å². The highest BCUT2D eigenvalue weighted by atomic mass is 79.9. The zero-order valence-corrected chi connectivity index (χ0v) is 13.6. The number of aryl methyl sites for hydroxylation is 2. The molecule has 0 radical (unpaired) electrons. The molecule has 3 nitrogen and oxygen atoms in total. The summed E-state index contributed by atoms with van der Waals surface area (Å²) in [4.78, 5) is 11.8. The number of hydrogen-bond acceptors (Lipinski definition) is 3. The molecule has 2 rings (SSSR count). The van der Waals surface area contributed by atoms with Gasteiger partial charge in [-0.3, -0.25) is 0 Å². The molecule has 0 saturated heterocycles. The highest BCUT2D eigenvalue weighted by Gasteiger charge is 2.08. The van der Waals surface area contributed by atoms with E-state index in [9.17, 15) is 4.79 Å². The minimum atomic E-state index is -0.415. The predicted molar refractivity (Wildman–Crippen MR) is 85.8 cm³/mol. The Morgan fingerprint density at radius 2 is 1.86 bits per heavy atom. The maximum Gasteiger partial charge on any atom is 0.349 e. The Kier molecular flexibility index (Phi) is 5.39. The van der Waals surface area contributed by atoms with Crippen LogP contribution in [0.25, 0.3) is 0 Å². The first kappa shape index (κ1) is 15.6. The van der Waals surface area contributed by atoms with E-state index in [0.717, 1.165) is 16.5 Å². The van der Waals surface area contributed by atoms with E-state index in [1.807, 2.05) is 37.3 Å². The van der Waals surface area contributed by atoms with Gasteiger partial charge in [0, 0.05) is 4.47 Å². The van der Waals surface area contributed by atoms with Gasteiger partial charge < -0.3 is 9.47 Å². The minimum absolute atomic E-state index is 0.113. The van der Waals surface area contributed by atoms with Crippen LogP contribution in [0.3, 0.4) is 0 Å². The molecular formula is C17H17BrO3. The molecule has 0 N–H and O–H groups in total. The zero-order valence-electron chi connectivity index (χ0n) is 12.1. The number of halogens is 1. The molecule has 0 saturated carbocycles. The summed E-state index contributed by atoms with van der Waals surface area (Å²) in [6.45, 7) is 3.89. The van der Waals surface area contributed by atoms with Gasteiger partial charge >= 0.3 is 5.97 Å². The molecule has 0 aliphatic heterocycles. The van der Waals surface area contributed by atoms with E-state index >= 15 is 0 Å². The van der Waals surface area contributed by atoms with Gasteiger partial charge in [0.15, 0.2) is 6.61 Å². The molecule has 0 unspecified atom stereocenters. The second kappa shape index (κ2) is 7.27. The molecule has 0 spiro atoms. The van der Waals surface area contributed by atoms with Crippen LogP contribution in [-0.4, -0.2) is 12.6 Å². The molecule has 0 aromatic heterocycles. The second-order valence-electron chi connectivity index (χ2n) is 4.67. The summed E-state index contributed by atoms with van der Waals surface area (Å²) < 4.78 is 11.7. The van der Waals surface area contributed by atoms with Gasteiger partial charge in [-0.05, 0) is 54.8 Å². The van der Waals surface area contributed by atoms with Crippen molar-refractivity contribution in [2.45, 2.75) is 20.3 Å². The number of carbonyl (C=O) groups excluding carboxylic acids is 1. The Bertz CT molecular complexity index is 620. The van der Waals surface area contributed by atoms with Gasteiger partial charge in [0.25, 0.3) is 0 Å². The topological polar surface area (TPSA) is 35.5 Å². The third kappa shape index (κ3) is 4.60. The monoisotopic (exact) mass is 348 g/mol. The quantitative estimate of drug-likeness (QED) is 0.596. The summed E-state index contributed by atoms with van der Waals surface area (Å²) in [5.41, 5.74) is 2.17. The molecule has 0 aliphatic rings. The van der Waals surface area contributed by atoms with E-state index < -0.39 is 5.97 Å². The fourth-order valence-electron chi connectivity index (χ4n) is 1.87. The SMILES string of the molecule is CCc1ccc(OC(=O)COc2ccc(Br)cc2C)cc1. The first-order valence-electron chi connectivity index (χ1n) is 6.77. The van der Waals surface area contributed by atoms with E-state index in [2.05, 4.69) is 22.9 Å². The van der Waals surface area contributed by atoms with E-state index in [4.69, 9.17) is 9.47 Å². The summed E-state index contributed by atoms with van der Waals surface area (Å²) in [6, 6.07) is 13.1. The van der Waals surface area contributed by atoms with Crippen molar-refractivity contribution in [3.63, 3.8) is 0 Å². The largest absolute Gasteiger partial charge is 0.482 e. The summed E-state index contributed by atoms with van der Waals surface area (Å²) in [7, 11) is 0. The van der Waals surface area contributed by atoms with Gasteiger partial charge in [0.2, 0.25) is 0 Å². The molecule has 0 amide bonds. The van der Waals surface area contributed by atoms with Crippen LogP contribution < -0.4 is 9.47 Å². The van der Waals surface area contributed by atoms with Crippen molar-refractivity contribution in [3.05, 3.63) is 58.1 Å². The third-order valence-corrected chi connectivity index (χ3v) is 3.54. The second-order valence-corrected chi connectivity index (χ2v) is 5.59. The number of carbonyl (C=O) groups is 1. The van der Waals surface area contributed by atoms with Crippen LogP contribution in [-0.2, 0) is 11.2 Å². The van der Waals surface area contributed by atoms with Crippen molar-refractivity contribution in [1.82, 2.24) is 0 Å². The number of hydrogen-bond donors (Lipinski definition) is 0. The van der Waals surface area contributed by atoms with Gasteiger partial charge in [-0.15, -0.1) is 0 Å². The lowest BCUT2D eigenvalue weighted by atomic mass is 10.2. The van der Waals surface area contributed by atoms with E-state index in [1.54, 1.807) is 12.1 Å². The first-order chi connectivity index (χ1) is 10.1. The maximum atomic E-state index is 11.8. The van der Waals surface area contributed by atoms with Gasteiger partial charge in [-0.25, -0.2) is 4.79 Å². The normalized spacial score (nSPS) is 10.2. The van der Waals surface area contributed by atoms with Crippen molar-refractivity contribution < 1.29 is 14.3 Å². The van der Waals surface area contributed by atoms with Gasteiger partial charge in [0.05, 0.1) is 0 Å². The van der Waals surface area contributed by atoms with Crippen LogP contribution in [0.2, 0.25) is 0 Å². The van der Waals surface area contributed by atoms with Gasteiger partial charge in [-0.2, -0.15) is 0 Å². The van der Waals surface area contributed by atoms with Crippen molar-refractivity contribution >= 4 is 21.9 Å². The number of rotatable bonds is 5. The van der Waals surface area contributed by atoms with E-state index in [1.165, 1.54) is 5.56 Å². The molecule has 2 aromatic rings. The smallest absolute Gasteiger partial charge is 0.349 e. The molecule has 0 bridgehead atoms. The summed E-state index contributed by atoms with van der Waals surface area (Å²) in [5, 5.41) is 0. The van der Waals surface area contributed by atoms with Crippen LogP contribution in [0.15, 0.2) is 46.9 Å². The summed E-state index contributed by atoms with van der Waals surface area (Å²) >= 11 is 3.39. The number of esters is 1. The molecule has 110 valence electrons. The van der Waals surface area contributed by atoms with Crippen molar-refractivity contribution in [1.29, 1.82) is 0 Å². The fraction of sp³-hybridized carbons (Fsp3) is 0.235. The highest BCUT2D eigenvalue weighted by Crippen LogP contribution is 2.22. The Morgan fingerprint density at radius 1 is 1.14 bits per heavy atom.